The Bertz CT molecular complexity index is 2080. The molecule has 2 aromatic heterocycles. The van der Waals surface area contributed by atoms with Crippen LogP contribution in [0.1, 0.15) is 0 Å². The lowest BCUT2D eigenvalue weighted by atomic mass is 9.99. The van der Waals surface area contributed by atoms with E-state index in [2.05, 4.69) is 126 Å². The van der Waals surface area contributed by atoms with Crippen LogP contribution in [-0.4, -0.2) is 4.98 Å². The van der Waals surface area contributed by atoms with Crippen LogP contribution in [0.2, 0.25) is 0 Å². The largest absolute Gasteiger partial charge is 0.354 e. The summed E-state index contributed by atoms with van der Waals surface area (Å²) >= 11 is 1.89. The average Bonchev–Trinajstić information content (AvgIpc) is 3.50. The molecule has 0 aliphatic carbocycles. The van der Waals surface area contributed by atoms with Crippen molar-refractivity contribution in [3.8, 4) is 22.3 Å². The Morgan fingerprint density at radius 3 is 2.11 bits per heavy atom. The number of nitrogens with one attached hydrogen (secondary N) is 1. The molecule has 2 heteroatoms. The molecule has 0 atom stereocenters. The number of rotatable bonds is 2. The van der Waals surface area contributed by atoms with Crippen molar-refractivity contribution in [2.75, 3.05) is 0 Å². The first kappa shape index (κ1) is 19.9. The summed E-state index contributed by atoms with van der Waals surface area (Å²) in [5.74, 6) is 0. The van der Waals surface area contributed by atoms with Gasteiger partial charge in [-0.15, -0.1) is 11.3 Å². The highest BCUT2D eigenvalue weighted by Crippen LogP contribution is 2.43. The first-order valence-corrected chi connectivity index (χ1v) is 13.1. The van der Waals surface area contributed by atoms with Crippen LogP contribution in [0.25, 0.3) is 75.0 Å². The van der Waals surface area contributed by atoms with Gasteiger partial charge in [0.1, 0.15) is 0 Å². The Morgan fingerprint density at radius 2 is 1.22 bits per heavy atom. The third-order valence-electron chi connectivity index (χ3n) is 7.42. The molecule has 6 aromatic carbocycles. The third kappa shape index (κ3) is 2.89. The van der Waals surface area contributed by atoms with E-state index in [1.807, 2.05) is 11.3 Å². The Morgan fingerprint density at radius 1 is 0.472 bits per heavy atom. The Labute approximate surface area is 212 Å². The number of aromatic nitrogens is 1. The monoisotopic (exact) mass is 475 g/mol. The molecule has 0 spiro atoms. The summed E-state index contributed by atoms with van der Waals surface area (Å²) in [7, 11) is 0. The normalized spacial score (nSPS) is 11.9. The molecule has 168 valence electrons. The quantitative estimate of drug-likeness (QED) is 0.256. The van der Waals surface area contributed by atoms with E-state index in [0.717, 1.165) is 0 Å². The van der Waals surface area contributed by atoms with Gasteiger partial charge in [0.05, 0.1) is 5.52 Å². The van der Waals surface area contributed by atoms with E-state index in [1.54, 1.807) is 0 Å². The third-order valence-corrected chi connectivity index (χ3v) is 8.62. The van der Waals surface area contributed by atoms with Crippen molar-refractivity contribution < 1.29 is 0 Å². The number of aromatic amines is 1. The van der Waals surface area contributed by atoms with E-state index in [-0.39, 0.29) is 0 Å². The molecule has 36 heavy (non-hydrogen) atoms. The second-order valence-electron chi connectivity index (χ2n) is 9.46. The molecule has 0 unspecified atom stereocenters. The molecule has 0 bridgehead atoms. The maximum absolute atomic E-state index is 3.73. The van der Waals surface area contributed by atoms with E-state index < -0.39 is 0 Å². The molecule has 0 saturated heterocycles. The van der Waals surface area contributed by atoms with E-state index in [1.165, 1.54) is 75.0 Å². The molecule has 0 saturated carbocycles. The molecule has 0 radical (unpaired) electrons. The summed E-state index contributed by atoms with van der Waals surface area (Å²) < 4.78 is 2.67. The molecule has 0 aliphatic heterocycles. The van der Waals surface area contributed by atoms with Crippen LogP contribution >= 0.6 is 11.3 Å². The SMILES string of the molecule is c1ccc(-c2ccc(-c3cccc4c3sc3cc5[nH]c6c7ccccc7ccc6c5cc34)cc2)cc1. The first-order chi connectivity index (χ1) is 17.8. The van der Waals surface area contributed by atoms with Gasteiger partial charge in [0, 0.05) is 41.8 Å². The number of fused-ring (bicyclic) bond motifs is 8. The van der Waals surface area contributed by atoms with Crippen molar-refractivity contribution in [2.45, 2.75) is 0 Å². The van der Waals surface area contributed by atoms with Crippen molar-refractivity contribution >= 4 is 64.1 Å². The van der Waals surface area contributed by atoms with E-state index in [4.69, 9.17) is 0 Å². The number of H-pyrrole nitrogens is 1. The van der Waals surface area contributed by atoms with Gasteiger partial charge in [0.15, 0.2) is 0 Å². The summed E-state index contributed by atoms with van der Waals surface area (Å²) in [5.41, 5.74) is 7.48. The van der Waals surface area contributed by atoms with Gasteiger partial charge in [-0.1, -0.05) is 109 Å². The maximum atomic E-state index is 3.73. The summed E-state index contributed by atoms with van der Waals surface area (Å²) in [6.07, 6.45) is 0. The second kappa shape index (κ2) is 7.55. The van der Waals surface area contributed by atoms with Gasteiger partial charge < -0.3 is 4.98 Å². The minimum Gasteiger partial charge on any atom is -0.354 e. The Balaban J connectivity index is 1.32. The molecule has 0 amide bonds. The number of thiophene rings is 1. The fourth-order valence-corrected chi connectivity index (χ4v) is 6.89. The lowest BCUT2D eigenvalue weighted by Crippen LogP contribution is -1.80. The van der Waals surface area contributed by atoms with Crippen molar-refractivity contribution in [3.05, 3.63) is 121 Å². The summed E-state index contributed by atoms with van der Waals surface area (Å²) in [6.45, 7) is 0. The van der Waals surface area contributed by atoms with Gasteiger partial charge in [-0.3, -0.25) is 0 Å². The zero-order valence-electron chi connectivity index (χ0n) is 19.5. The van der Waals surface area contributed by atoms with Gasteiger partial charge in [-0.05, 0) is 39.8 Å². The van der Waals surface area contributed by atoms with Gasteiger partial charge >= 0.3 is 0 Å². The van der Waals surface area contributed by atoms with Crippen LogP contribution in [0.5, 0.6) is 0 Å². The van der Waals surface area contributed by atoms with Gasteiger partial charge in [-0.25, -0.2) is 0 Å². The highest BCUT2D eigenvalue weighted by atomic mass is 32.1. The fraction of sp³-hybridized carbons (Fsp3) is 0. The minimum absolute atomic E-state index is 1.20. The molecule has 2 heterocycles. The second-order valence-corrected chi connectivity index (χ2v) is 10.5. The lowest BCUT2D eigenvalue weighted by Gasteiger charge is -2.06. The first-order valence-electron chi connectivity index (χ1n) is 12.3. The maximum Gasteiger partial charge on any atom is 0.0544 e. The molecule has 8 aromatic rings. The predicted octanol–water partition coefficient (Wildman–Crippen LogP) is 10.2. The number of hydrogen-bond donors (Lipinski definition) is 1. The van der Waals surface area contributed by atoms with Crippen LogP contribution in [-0.2, 0) is 0 Å². The lowest BCUT2D eigenvalue weighted by molar-refractivity contribution is 1.58. The van der Waals surface area contributed by atoms with Crippen molar-refractivity contribution in [1.82, 2.24) is 4.98 Å². The van der Waals surface area contributed by atoms with Gasteiger partial charge in [0.2, 0.25) is 0 Å². The molecular formula is C34H21NS. The van der Waals surface area contributed by atoms with E-state index >= 15 is 0 Å². The molecular weight excluding hydrogens is 454 g/mol. The van der Waals surface area contributed by atoms with Crippen molar-refractivity contribution in [3.63, 3.8) is 0 Å². The van der Waals surface area contributed by atoms with Crippen LogP contribution in [0.4, 0.5) is 0 Å². The summed E-state index contributed by atoms with van der Waals surface area (Å²) in [4.78, 5) is 3.73. The summed E-state index contributed by atoms with van der Waals surface area (Å²) in [5, 5.41) is 7.79. The number of hydrogen-bond acceptors (Lipinski definition) is 1. The van der Waals surface area contributed by atoms with Gasteiger partial charge in [0.25, 0.3) is 0 Å². The van der Waals surface area contributed by atoms with Crippen LogP contribution in [0.15, 0.2) is 121 Å². The molecule has 1 N–H and O–H groups in total. The molecule has 0 fully saturated rings. The van der Waals surface area contributed by atoms with Crippen molar-refractivity contribution in [2.24, 2.45) is 0 Å². The minimum atomic E-state index is 1.20. The van der Waals surface area contributed by atoms with E-state index in [9.17, 15) is 0 Å². The standard InChI is InChI=1S/C34H21NS/c1-2-7-21(8-3-1)22-13-15-24(16-14-22)26-11-6-12-28-30-19-29-27-18-17-23-9-4-5-10-25(23)33(27)35-31(29)20-32(30)36-34(26)28/h1-20,35H. The molecule has 1 nitrogen and oxygen atoms in total. The zero-order chi connectivity index (χ0) is 23.6. The Hall–Kier alpha value is -4.40. The molecule has 8 rings (SSSR count). The topological polar surface area (TPSA) is 15.8 Å². The average molecular weight is 476 g/mol. The predicted molar refractivity (Wildman–Crippen MR) is 157 cm³/mol. The fourth-order valence-electron chi connectivity index (χ4n) is 5.64. The Kier molecular flexibility index (Phi) is 4.16. The van der Waals surface area contributed by atoms with Crippen LogP contribution < -0.4 is 0 Å². The zero-order valence-corrected chi connectivity index (χ0v) is 20.3. The van der Waals surface area contributed by atoms with Crippen LogP contribution in [0, 0.1) is 0 Å². The van der Waals surface area contributed by atoms with Gasteiger partial charge in [-0.2, -0.15) is 0 Å². The smallest absolute Gasteiger partial charge is 0.0544 e. The highest BCUT2D eigenvalue weighted by molar-refractivity contribution is 7.26. The number of benzene rings is 6. The van der Waals surface area contributed by atoms with Crippen molar-refractivity contribution in [1.29, 1.82) is 0 Å². The summed E-state index contributed by atoms with van der Waals surface area (Å²) in [6, 6.07) is 44.1. The molecule has 0 aliphatic rings. The highest BCUT2D eigenvalue weighted by Gasteiger charge is 2.14. The van der Waals surface area contributed by atoms with E-state index in [0.29, 0.717) is 0 Å². The van der Waals surface area contributed by atoms with Crippen LogP contribution in [0.3, 0.4) is 0 Å².